The van der Waals surface area contributed by atoms with Crippen LogP contribution < -0.4 is 0 Å². The predicted octanol–water partition coefficient (Wildman–Crippen LogP) is 1.34. The summed E-state index contributed by atoms with van der Waals surface area (Å²) in [5.74, 6) is -1.06. The van der Waals surface area contributed by atoms with Crippen LogP contribution in [0.4, 0.5) is 0 Å². The lowest BCUT2D eigenvalue weighted by atomic mass is 10.2. The monoisotopic (exact) mass is 224 g/mol. The van der Waals surface area contributed by atoms with Crippen LogP contribution in [0.3, 0.4) is 0 Å². The van der Waals surface area contributed by atoms with E-state index >= 15 is 0 Å². The van der Waals surface area contributed by atoms with Crippen molar-refractivity contribution in [3.8, 4) is 0 Å². The number of carboxylic acids is 1. The number of nitrogens with one attached hydrogen (secondary N) is 1. The molecule has 0 unspecified atom stereocenters. The maximum Gasteiger partial charge on any atom is 0.305 e. The fraction of sp³-hybridized carbons (Fsp3) is 0.455. The fourth-order valence-electron chi connectivity index (χ4n) is 1.43. The van der Waals surface area contributed by atoms with Gasteiger partial charge in [-0.2, -0.15) is 0 Å². The molecule has 2 N–H and O–H groups in total. The van der Waals surface area contributed by atoms with Gasteiger partial charge >= 0.3 is 5.97 Å². The maximum absolute atomic E-state index is 12.0. The summed E-state index contributed by atoms with van der Waals surface area (Å²) < 4.78 is 0. The van der Waals surface area contributed by atoms with Crippen molar-refractivity contribution in [1.29, 1.82) is 0 Å². The van der Waals surface area contributed by atoms with Crippen molar-refractivity contribution in [3.05, 3.63) is 24.0 Å². The molecule has 0 saturated carbocycles. The molecule has 1 heterocycles. The van der Waals surface area contributed by atoms with Crippen LogP contribution in [0.1, 0.15) is 30.8 Å². The van der Waals surface area contributed by atoms with Gasteiger partial charge in [0.2, 0.25) is 0 Å². The molecule has 0 radical (unpaired) electrons. The lowest BCUT2D eigenvalue weighted by molar-refractivity contribution is -0.137. The molecule has 0 aliphatic heterocycles. The van der Waals surface area contributed by atoms with E-state index in [1.54, 1.807) is 23.2 Å². The van der Waals surface area contributed by atoms with E-state index in [9.17, 15) is 9.59 Å². The van der Waals surface area contributed by atoms with Crippen LogP contribution in [0.15, 0.2) is 18.3 Å². The lowest BCUT2D eigenvalue weighted by Crippen LogP contribution is -2.38. The average Bonchev–Trinajstić information content (AvgIpc) is 2.69. The summed E-state index contributed by atoms with van der Waals surface area (Å²) in [4.78, 5) is 26.8. The number of carbonyl (C=O) groups excluding carboxylic acids is 1. The topological polar surface area (TPSA) is 73.4 Å². The summed E-state index contributed by atoms with van der Waals surface area (Å²) in [5.41, 5.74) is 0.485. The molecule has 1 amide bonds. The minimum absolute atomic E-state index is 0.0184. The van der Waals surface area contributed by atoms with E-state index in [4.69, 9.17) is 5.11 Å². The molecule has 0 saturated heterocycles. The second kappa shape index (κ2) is 5.34. The SMILES string of the molecule is CC(C)N(CCC(=O)O)C(=O)c1ccc[nH]1. The molecule has 16 heavy (non-hydrogen) atoms. The molecule has 0 fully saturated rings. The minimum Gasteiger partial charge on any atom is -0.481 e. The zero-order valence-corrected chi connectivity index (χ0v) is 9.43. The Labute approximate surface area is 94.1 Å². The Hall–Kier alpha value is -1.78. The predicted molar refractivity (Wildman–Crippen MR) is 59.2 cm³/mol. The van der Waals surface area contributed by atoms with E-state index in [0.29, 0.717) is 5.69 Å². The average molecular weight is 224 g/mol. The van der Waals surface area contributed by atoms with Gasteiger partial charge in [-0.05, 0) is 26.0 Å². The largest absolute Gasteiger partial charge is 0.481 e. The van der Waals surface area contributed by atoms with Crippen molar-refractivity contribution in [2.45, 2.75) is 26.3 Å². The number of carboxylic acid groups (broad SMARTS) is 1. The number of amides is 1. The van der Waals surface area contributed by atoms with Crippen LogP contribution >= 0.6 is 0 Å². The first-order valence-corrected chi connectivity index (χ1v) is 5.18. The standard InChI is InChI=1S/C11H16N2O3/c1-8(2)13(7-5-10(14)15)11(16)9-4-3-6-12-9/h3-4,6,8,12H,5,7H2,1-2H3,(H,14,15). The van der Waals surface area contributed by atoms with Crippen LogP contribution in [-0.2, 0) is 4.79 Å². The van der Waals surface area contributed by atoms with Crippen LogP contribution in [0, 0.1) is 0 Å². The van der Waals surface area contributed by atoms with Gasteiger partial charge < -0.3 is 15.0 Å². The highest BCUT2D eigenvalue weighted by atomic mass is 16.4. The lowest BCUT2D eigenvalue weighted by Gasteiger charge is -2.25. The number of aromatic amines is 1. The first-order valence-electron chi connectivity index (χ1n) is 5.18. The zero-order chi connectivity index (χ0) is 12.1. The molecule has 1 aromatic rings. The number of hydrogen-bond donors (Lipinski definition) is 2. The third-order valence-electron chi connectivity index (χ3n) is 2.28. The molecule has 1 aromatic heterocycles. The summed E-state index contributed by atoms with van der Waals surface area (Å²) in [6.45, 7) is 3.95. The van der Waals surface area contributed by atoms with E-state index in [0.717, 1.165) is 0 Å². The summed E-state index contributed by atoms with van der Waals surface area (Å²) in [7, 11) is 0. The molecule has 0 aliphatic rings. The highest BCUT2D eigenvalue weighted by Gasteiger charge is 2.19. The third-order valence-corrected chi connectivity index (χ3v) is 2.28. The molecule has 5 heteroatoms. The third kappa shape index (κ3) is 3.12. The Balaban J connectivity index is 2.70. The smallest absolute Gasteiger partial charge is 0.305 e. The highest BCUT2D eigenvalue weighted by molar-refractivity contribution is 5.92. The quantitative estimate of drug-likeness (QED) is 0.792. The van der Waals surface area contributed by atoms with Crippen LogP contribution in [0.25, 0.3) is 0 Å². The van der Waals surface area contributed by atoms with E-state index in [1.165, 1.54) is 0 Å². The summed E-state index contributed by atoms with van der Waals surface area (Å²) in [6, 6.07) is 3.40. The zero-order valence-electron chi connectivity index (χ0n) is 9.43. The van der Waals surface area contributed by atoms with Gasteiger partial charge in [-0.15, -0.1) is 0 Å². The number of hydrogen-bond acceptors (Lipinski definition) is 2. The molecule has 0 spiro atoms. The number of carbonyl (C=O) groups is 2. The van der Waals surface area contributed by atoms with Gasteiger partial charge in [-0.1, -0.05) is 0 Å². The molecule has 1 rings (SSSR count). The molecule has 5 nitrogen and oxygen atoms in total. The first-order chi connectivity index (χ1) is 7.52. The molecular weight excluding hydrogens is 208 g/mol. The van der Waals surface area contributed by atoms with Crippen molar-refractivity contribution in [1.82, 2.24) is 9.88 Å². The van der Waals surface area contributed by atoms with Crippen molar-refractivity contribution < 1.29 is 14.7 Å². The van der Waals surface area contributed by atoms with Gasteiger partial charge in [0, 0.05) is 18.8 Å². The van der Waals surface area contributed by atoms with Gasteiger partial charge in [-0.25, -0.2) is 0 Å². The molecule has 0 aliphatic carbocycles. The first kappa shape index (κ1) is 12.3. The van der Waals surface area contributed by atoms with Crippen molar-refractivity contribution >= 4 is 11.9 Å². The van der Waals surface area contributed by atoms with Crippen LogP contribution in [0.2, 0.25) is 0 Å². The van der Waals surface area contributed by atoms with Gasteiger partial charge in [-0.3, -0.25) is 9.59 Å². The van der Waals surface area contributed by atoms with Gasteiger partial charge in [0.25, 0.3) is 5.91 Å². The molecule has 0 bridgehead atoms. The second-order valence-corrected chi connectivity index (χ2v) is 3.82. The van der Waals surface area contributed by atoms with Crippen molar-refractivity contribution in [2.75, 3.05) is 6.54 Å². The second-order valence-electron chi connectivity index (χ2n) is 3.82. The number of H-pyrrole nitrogens is 1. The molecule has 0 aromatic carbocycles. The Morgan fingerprint density at radius 3 is 2.62 bits per heavy atom. The van der Waals surface area contributed by atoms with Gasteiger partial charge in [0.05, 0.1) is 6.42 Å². The Kier molecular flexibility index (Phi) is 4.10. The van der Waals surface area contributed by atoms with Crippen LogP contribution in [0.5, 0.6) is 0 Å². The van der Waals surface area contributed by atoms with E-state index < -0.39 is 5.97 Å². The number of rotatable bonds is 5. The number of aromatic nitrogens is 1. The Morgan fingerprint density at radius 1 is 1.50 bits per heavy atom. The number of aliphatic carboxylic acids is 1. The van der Waals surface area contributed by atoms with Crippen molar-refractivity contribution in [3.63, 3.8) is 0 Å². The maximum atomic E-state index is 12.0. The van der Waals surface area contributed by atoms with Crippen molar-refractivity contribution in [2.24, 2.45) is 0 Å². The summed E-state index contributed by atoms with van der Waals surface area (Å²) >= 11 is 0. The summed E-state index contributed by atoms with van der Waals surface area (Å²) in [6.07, 6.45) is 1.63. The van der Waals surface area contributed by atoms with E-state index in [2.05, 4.69) is 4.98 Å². The summed E-state index contributed by atoms with van der Waals surface area (Å²) in [5, 5.41) is 8.61. The highest BCUT2D eigenvalue weighted by Crippen LogP contribution is 2.07. The van der Waals surface area contributed by atoms with E-state index in [1.807, 2.05) is 13.8 Å². The van der Waals surface area contributed by atoms with E-state index in [-0.39, 0.29) is 24.9 Å². The molecule has 0 atom stereocenters. The number of nitrogens with zero attached hydrogens (tertiary/aromatic N) is 1. The van der Waals surface area contributed by atoms with Gasteiger partial charge in [0.15, 0.2) is 0 Å². The molecular formula is C11H16N2O3. The van der Waals surface area contributed by atoms with Crippen LogP contribution in [-0.4, -0.2) is 39.5 Å². The Bertz CT molecular complexity index is 357. The normalized spacial score (nSPS) is 10.4. The minimum atomic E-state index is -0.898. The molecule has 88 valence electrons. The fourth-order valence-corrected chi connectivity index (χ4v) is 1.43. The Morgan fingerprint density at radius 2 is 2.19 bits per heavy atom. The van der Waals surface area contributed by atoms with Gasteiger partial charge in [0.1, 0.15) is 5.69 Å².